The van der Waals surface area contributed by atoms with E-state index in [0.29, 0.717) is 5.56 Å². The number of carbonyl (C=O) groups excluding carboxylic acids is 1. The number of rotatable bonds is 1. The highest BCUT2D eigenvalue weighted by Gasteiger charge is 1.97. The molecule has 0 spiro atoms. The summed E-state index contributed by atoms with van der Waals surface area (Å²) in [5.41, 5.74) is 1.40. The number of nitrogens with one attached hydrogen (secondary N) is 1. The Morgan fingerprint density at radius 2 is 2.40 bits per heavy atom. The van der Waals surface area contributed by atoms with Gasteiger partial charge in [0.25, 0.3) is 0 Å². The number of pyridine rings is 1. The van der Waals surface area contributed by atoms with Crippen molar-refractivity contribution in [1.82, 2.24) is 10.3 Å². The molecule has 0 fully saturated rings. The van der Waals surface area contributed by atoms with Crippen LogP contribution in [0, 0.1) is 24.7 Å². The quantitative estimate of drug-likeness (QED) is 0.550. The van der Waals surface area contributed by atoms with Gasteiger partial charge in [-0.3, -0.25) is 4.79 Å². The Labute approximate surface area is 87.7 Å². The van der Waals surface area contributed by atoms with Crippen LogP contribution in [0.2, 0.25) is 0 Å². The first kappa shape index (κ1) is 11.2. The van der Waals surface area contributed by atoms with Crippen molar-refractivity contribution in [2.75, 3.05) is 6.54 Å². The first-order valence-corrected chi connectivity index (χ1v) is 4.45. The molecule has 0 bridgehead atoms. The zero-order valence-electron chi connectivity index (χ0n) is 8.60. The molecular weight excluding hydrogens is 195 g/mol. The van der Waals surface area contributed by atoms with E-state index >= 15 is 0 Å². The second-order valence-corrected chi connectivity index (χ2v) is 3.03. The maximum absolute atomic E-state index is 12.6. The largest absolute Gasteiger partial charge is 0.345 e. The van der Waals surface area contributed by atoms with E-state index < -0.39 is 5.95 Å². The maximum atomic E-state index is 12.6. The van der Waals surface area contributed by atoms with Crippen LogP contribution < -0.4 is 5.32 Å². The number of nitrogens with zero attached hydrogens (tertiary/aromatic N) is 1. The van der Waals surface area contributed by atoms with Gasteiger partial charge in [-0.2, -0.15) is 4.39 Å². The molecule has 0 saturated carbocycles. The Kier molecular flexibility index (Phi) is 3.81. The topological polar surface area (TPSA) is 42.0 Å². The van der Waals surface area contributed by atoms with Crippen molar-refractivity contribution in [3.05, 3.63) is 29.3 Å². The van der Waals surface area contributed by atoms with Crippen molar-refractivity contribution >= 4 is 5.91 Å². The van der Waals surface area contributed by atoms with Gasteiger partial charge in [-0.05, 0) is 18.6 Å². The molecule has 0 aliphatic carbocycles. The molecule has 1 amide bonds. The molecule has 1 N–H and O–H groups in total. The first-order valence-electron chi connectivity index (χ1n) is 4.45. The Morgan fingerprint density at radius 3 is 3.00 bits per heavy atom. The second-order valence-electron chi connectivity index (χ2n) is 3.03. The highest BCUT2D eigenvalue weighted by Crippen LogP contribution is 2.05. The van der Waals surface area contributed by atoms with Crippen LogP contribution in [0.3, 0.4) is 0 Å². The minimum atomic E-state index is -0.514. The van der Waals surface area contributed by atoms with Gasteiger partial charge in [-0.1, -0.05) is 11.8 Å². The maximum Gasteiger partial charge on any atom is 0.217 e. The third kappa shape index (κ3) is 3.77. The molecule has 1 aromatic heterocycles. The molecular formula is C11H11FN2O. The summed E-state index contributed by atoms with van der Waals surface area (Å²) in [6, 6.07) is 1.32. The van der Waals surface area contributed by atoms with E-state index in [-0.39, 0.29) is 12.5 Å². The van der Waals surface area contributed by atoms with E-state index in [0.717, 1.165) is 5.56 Å². The van der Waals surface area contributed by atoms with Gasteiger partial charge in [0, 0.05) is 18.7 Å². The fraction of sp³-hybridized carbons (Fsp3) is 0.273. The van der Waals surface area contributed by atoms with Crippen LogP contribution in [0.25, 0.3) is 0 Å². The average molecular weight is 206 g/mol. The lowest BCUT2D eigenvalue weighted by Gasteiger charge is -1.96. The number of hydrogen-bond acceptors (Lipinski definition) is 2. The summed E-state index contributed by atoms with van der Waals surface area (Å²) in [4.78, 5) is 14.0. The molecule has 1 heterocycles. The van der Waals surface area contributed by atoms with Gasteiger partial charge in [0.1, 0.15) is 0 Å². The van der Waals surface area contributed by atoms with Crippen LogP contribution in [0.1, 0.15) is 18.1 Å². The standard InChI is InChI=1S/C11H11FN2O/c1-8-6-11(12)14-7-10(8)4-3-5-13-9(2)15/h6-7H,5H2,1-2H3,(H,13,15). The molecule has 1 aromatic rings. The van der Waals surface area contributed by atoms with Gasteiger partial charge in [0.15, 0.2) is 0 Å². The van der Waals surface area contributed by atoms with Crippen LogP contribution in [-0.4, -0.2) is 17.4 Å². The van der Waals surface area contributed by atoms with Gasteiger partial charge >= 0.3 is 0 Å². The van der Waals surface area contributed by atoms with Crippen molar-refractivity contribution in [3.8, 4) is 11.8 Å². The number of aromatic nitrogens is 1. The van der Waals surface area contributed by atoms with Gasteiger partial charge in [0.05, 0.1) is 6.54 Å². The molecule has 0 aliphatic rings. The Balaban J connectivity index is 2.67. The molecule has 0 unspecified atom stereocenters. The van der Waals surface area contributed by atoms with Gasteiger partial charge < -0.3 is 5.32 Å². The number of amides is 1. The Hall–Kier alpha value is -1.89. The van der Waals surface area contributed by atoms with E-state index in [1.807, 2.05) is 0 Å². The van der Waals surface area contributed by atoms with Crippen LogP contribution >= 0.6 is 0 Å². The Morgan fingerprint density at radius 1 is 1.67 bits per heavy atom. The summed E-state index contributed by atoms with van der Waals surface area (Å²) >= 11 is 0. The highest BCUT2D eigenvalue weighted by atomic mass is 19.1. The number of halogens is 1. The van der Waals surface area contributed by atoms with Gasteiger partial charge in [-0.15, -0.1) is 0 Å². The van der Waals surface area contributed by atoms with E-state index in [4.69, 9.17) is 0 Å². The lowest BCUT2D eigenvalue weighted by molar-refractivity contribution is -0.118. The van der Waals surface area contributed by atoms with Crippen LogP contribution in [-0.2, 0) is 4.79 Å². The molecule has 3 nitrogen and oxygen atoms in total. The average Bonchev–Trinajstić information content (AvgIpc) is 2.14. The molecule has 0 atom stereocenters. The lowest BCUT2D eigenvalue weighted by atomic mass is 10.2. The number of carbonyl (C=O) groups is 1. The minimum absolute atomic E-state index is 0.127. The zero-order chi connectivity index (χ0) is 11.3. The van der Waals surface area contributed by atoms with E-state index in [1.54, 1.807) is 6.92 Å². The van der Waals surface area contributed by atoms with Crippen LogP contribution in [0.5, 0.6) is 0 Å². The van der Waals surface area contributed by atoms with Crippen LogP contribution in [0.15, 0.2) is 12.3 Å². The van der Waals surface area contributed by atoms with Gasteiger partial charge in [-0.25, -0.2) is 4.98 Å². The van der Waals surface area contributed by atoms with Crippen molar-refractivity contribution < 1.29 is 9.18 Å². The van der Waals surface area contributed by atoms with Crippen molar-refractivity contribution in [3.63, 3.8) is 0 Å². The predicted molar refractivity (Wildman–Crippen MR) is 54.5 cm³/mol. The molecule has 15 heavy (non-hydrogen) atoms. The fourth-order valence-corrected chi connectivity index (χ4v) is 0.961. The molecule has 4 heteroatoms. The monoisotopic (exact) mass is 206 g/mol. The minimum Gasteiger partial charge on any atom is -0.345 e. The first-order chi connectivity index (χ1) is 7.09. The smallest absolute Gasteiger partial charge is 0.217 e. The van der Waals surface area contributed by atoms with Gasteiger partial charge in [0.2, 0.25) is 11.9 Å². The van der Waals surface area contributed by atoms with Crippen molar-refractivity contribution in [1.29, 1.82) is 0 Å². The predicted octanol–water partition coefficient (Wildman–Crippen LogP) is 1.02. The zero-order valence-corrected chi connectivity index (χ0v) is 8.60. The van der Waals surface area contributed by atoms with Crippen molar-refractivity contribution in [2.45, 2.75) is 13.8 Å². The van der Waals surface area contributed by atoms with E-state index in [9.17, 15) is 9.18 Å². The summed E-state index contributed by atoms with van der Waals surface area (Å²) in [6.45, 7) is 3.46. The fourth-order valence-electron chi connectivity index (χ4n) is 0.961. The lowest BCUT2D eigenvalue weighted by Crippen LogP contribution is -2.19. The summed E-state index contributed by atoms with van der Waals surface area (Å²) in [7, 11) is 0. The third-order valence-electron chi connectivity index (χ3n) is 1.73. The molecule has 78 valence electrons. The third-order valence-corrected chi connectivity index (χ3v) is 1.73. The second kappa shape index (κ2) is 5.11. The molecule has 0 aromatic carbocycles. The normalized spacial score (nSPS) is 9.00. The summed E-state index contributed by atoms with van der Waals surface area (Å²) in [5.74, 6) is 4.91. The summed E-state index contributed by atoms with van der Waals surface area (Å²) < 4.78 is 12.6. The SMILES string of the molecule is CC(=O)NCC#Cc1cnc(F)cc1C. The summed E-state index contributed by atoms with van der Waals surface area (Å²) in [6.07, 6.45) is 1.38. The Bertz CT molecular complexity index is 432. The van der Waals surface area contributed by atoms with Crippen molar-refractivity contribution in [2.24, 2.45) is 0 Å². The summed E-state index contributed by atoms with van der Waals surface area (Å²) in [5, 5.41) is 2.54. The molecule has 1 rings (SSSR count). The molecule has 0 aliphatic heterocycles. The highest BCUT2D eigenvalue weighted by molar-refractivity contribution is 5.73. The molecule has 0 saturated heterocycles. The number of aryl methyl sites for hydroxylation is 1. The number of hydrogen-bond donors (Lipinski definition) is 1. The van der Waals surface area contributed by atoms with E-state index in [2.05, 4.69) is 22.1 Å². The van der Waals surface area contributed by atoms with E-state index in [1.165, 1.54) is 19.2 Å². The van der Waals surface area contributed by atoms with Crippen LogP contribution in [0.4, 0.5) is 4.39 Å². The molecule has 0 radical (unpaired) electrons.